The summed E-state index contributed by atoms with van der Waals surface area (Å²) in [4.78, 5) is 44.5. The molecule has 4 aromatic rings. The highest BCUT2D eigenvalue weighted by Crippen LogP contribution is 2.32. The van der Waals surface area contributed by atoms with Crippen LogP contribution >= 0.6 is 11.3 Å². The van der Waals surface area contributed by atoms with Crippen molar-refractivity contribution in [3.63, 3.8) is 0 Å². The van der Waals surface area contributed by atoms with Crippen LogP contribution in [0.15, 0.2) is 99.0 Å². The van der Waals surface area contributed by atoms with Gasteiger partial charge in [-0.05, 0) is 55.0 Å². The average molecular weight is 587 g/mol. The molecule has 0 fully saturated rings. The zero-order valence-corrected chi connectivity index (χ0v) is 23.8. The largest absolute Gasteiger partial charge is 0.497 e. The maximum atomic E-state index is 13.9. The van der Waals surface area contributed by atoms with Crippen molar-refractivity contribution in [3.8, 4) is 17.2 Å². The molecule has 2 aromatic carbocycles. The highest BCUT2D eigenvalue weighted by molar-refractivity contribution is 7.07. The van der Waals surface area contributed by atoms with Crippen LogP contribution in [0.3, 0.4) is 0 Å². The fourth-order valence-electron chi connectivity index (χ4n) is 4.46. The minimum atomic E-state index is -0.853. The molecule has 11 heteroatoms. The number of hydrogen-bond donors (Lipinski definition) is 0. The first-order valence-electron chi connectivity index (χ1n) is 12.7. The lowest BCUT2D eigenvalue weighted by Gasteiger charge is -2.24. The van der Waals surface area contributed by atoms with E-state index in [0.29, 0.717) is 37.7 Å². The van der Waals surface area contributed by atoms with Crippen LogP contribution in [0.25, 0.3) is 6.08 Å². The lowest BCUT2D eigenvalue weighted by Crippen LogP contribution is -2.39. The fraction of sp³-hybridized carbons (Fsp3) is 0.161. The van der Waals surface area contributed by atoms with Gasteiger partial charge < -0.3 is 23.4 Å². The van der Waals surface area contributed by atoms with Gasteiger partial charge >= 0.3 is 11.9 Å². The number of methoxy groups -OCH3 is 2. The summed E-state index contributed by atoms with van der Waals surface area (Å²) in [5.74, 6) is 0.184. The Bertz CT molecular complexity index is 1860. The third-order valence-electron chi connectivity index (χ3n) is 6.43. The van der Waals surface area contributed by atoms with E-state index in [9.17, 15) is 14.4 Å². The second kappa shape index (κ2) is 12.1. The lowest BCUT2D eigenvalue weighted by molar-refractivity contribution is -0.138. The number of ether oxygens (including phenoxy) is 4. The van der Waals surface area contributed by atoms with E-state index in [1.54, 1.807) is 68.6 Å². The summed E-state index contributed by atoms with van der Waals surface area (Å²) in [5, 5.41) is 0. The van der Waals surface area contributed by atoms with Crippen LogP contribution in [0.4, 0.5) is 0 Å². The van der Waals surface area contributed by atoms with Gasteiger partial charge in [-0.3, -0.25) is 9.36 Å². The van der Waals surface area contributed by atoms with E-state index < -0.39 is 18.0 Å². The minimum absolute atomic E-state index is 0.00825. The van der Waals surface area contributed by atoms with Crippen molar-refractivity contribution < 1.29 is 33.0 Å². The topological polar surface area (TPSA) is 119 Å². The molecule has 0 aliphatic carbocycles. The molecule has 3 heterocycles. The molecule has 42 heavy (non-hydrogen) atoms. The number of allylic oxidation sites excluding steroid dienone is 1. The monoisotopic (exact) mass is 586 g/mol. The molecule has 1 aliphatic heterocycles. The Balaban J connectivity index is 1.60. The number of aromatic nitrogens is 1. The van der Waals surface area contributed by atoms with Gasteiger partial charge in [0.2, 0.25) is 5.76 Å². The van der Waals surface area contributed by atoms with E-state index in [4.69, 9.17) is 23.4 Å². The standard InChI is InChI=1S/C31H26N2O8S/c1-5-14-40-30(36)26-18(2)32-31-33(28(34)25(42-31)16-20-10-13-22(37-3)17-24(20)38-4)27(26)19-8-11-21(12-9-19)41-29(35)23-7-6-15-39-23/h5-13,15-17,27H,1,14H2,2-4H3/b25-16+. The van der Waals surface area contributed by atoms with Crippen molar-refractivity contribution in [2.75, 3.05) is 20.8 Å². The maximum Gasteiger partial charge on any atom is 0.379 e. The zero-order chi connectivity index (χ0) is 29.8. The Morgan fingerprint density at radius 2 is 1.83 bits per heavy atom. The summed E-state index contributed by atoms with van der Waals surface area (Å²) in [6.07, 6.45) is 4.55. The van der Waals surface area contributed by atoms with Crippen LogP contribution in [-0.4, -0.2) is 37.3 Å². The molecule has 0 saturated heterocycles. The van der Waals surface area contributed by atoms with Gasteiger partial charge in [-0.2, -0.15) is 0 Å². The summed E-state index contributed by atoms with van der Waals surface area (Å²) in [7, 11) is 3.09. The maximum absolute atomic E-state index is 13.9. The second-order valence-electron chi connectivity index (χ2n) is 9.01. The normalized spacial score (nSPS) is 14.5. The van der Waals surface area contributed by atoms with Gasteiger partial charge in [-0.15, -0.1) is 0 Å². The van der Waals surface area contributed by atoms with Gasteiger partial charge in [0.1, 0.15) is 23.9 Å². The first-order valence-corrected chi connectivity index (χ1v) is 13.5. The molecule has 5 rings (SSSR count). The van der Waals surface area contributed by atoms with Gasteiger partial charge in [0.15, 0.2) is 4.80 Å². The van der Waals surface area contributed by atoms with Crippen LogP contribution in [0, 0.1) is 0 Å². The molecule has 1 unspecified atom stereocenters. The van der Waals surface area contributed by atoms with Crippen molar-refractivity contribution in [1.29, 1.82) is 0 Å². The Morgan fingerprint density at radius 3 is 2.50 bits per heavy atom. The second-order valence-corrected chi connectivity index (χ2v) is 10.0. The summed E-state index contributed by atoms with van der Waals surface area (Å²) in [5.41, 5.74) is 1.53. The molecule has 0 saturated carbocycles. The average Bonchev–Trinajstić information content (AvgIpc) is 3.64. The van der Waals surface area contributed by atoms with E-state index in [1.165, 1.54) is 41.4 Å². The third-order valence-corrected chi connectivity index (χ3v) is 7.41. The number of nitrogens with zero attached hydrogens (tertiary/aromatic N) is 2. The molecule has 0 N–H and O–H groups in total. The van der Waals surface area contributed by atoms with Gasteiger partial charge in [0, 0.05) is 11.6 Å². The van der Waals surface area contributed by atoms with Crippen LogP contribution in [-0.2, 0) is 9.53 Å². The van der Waals surface area contributed by atoms with Crippen LogP contribution in [0.5, 0.6) is 17.2 Å². The minimum Gasteiger partial charge on any atom is -0.497 e. The third kappa shape index (κ3) is 5.54. The summed E-state index contributed by atoms with van der Waals surface area (Å²) >= 11 is 1.19. The molecule has 0 amide bonds. The Kier molecular flexibility index (Phi) is 8.21. The van der Waals surface area contributed by atoms with E-state index in [2.05, 4.69) is 11.6 Å². The highest BCUT2D eigenvalue weighted by atomic mass is 32.1. The first-order chi connectivity index (χ1) is 20.3. The molecule has 0 spiro atoms. The van der Waals surface area contributed by atoms with Crippen molar-refractivity contribution in [1.82, 2.24) is 4.57 Å². The highest BCUT2D eigenvalue weighted by Gasteiger charge is 2.33. The number of hydrogen-bond acceptors (Lipinski definition) is 10. The number of carbonyl (C=O) groups excluding carboxylic acids is 2. The number of fused-ring (bicyclic) bond motifs is 1. The van der Waals surface area contributed by atoms with Gasteiger partial charge in [-0.25, -0.2) is 14.6 Å². The number of furan rings is 1. The molecular formula is C31H26N2O8S. The predicted molar refractivity (Wildman–Crippen MR) is 155 cm³/mol. The quantitative estimate of drug-likeness (QED) is 0.165. The van der Waals surface area contributed by atoms with Gasteiger partial charge in [-0.1, -0.05) is 36.1 Å². The molecule has 0 radical (unpaired) electrons. The van der Waals surface area contributed by atoms with E-state index in [-0.39, 0.29) is 29.2 Å². The lowest BCUT2D eigenvalue weighted by atomic mass is 9.96. The van der Waals surface area contributed by atoms with Gasteiger partial charge in [0.25, 0.3) is 5.56 Å². The molecule has 10 nitrogen and oxygen atoms in total. The molecule has 1 atom stereocenters. The van der Waals surface area contributed by atoms with Crippen molar-refractivity contribution in [2.24, 2.45) is 4.99 Å². The number of esters is 2. The first kappa shape index (κ1) is 28.4. The van der Waals surface area contributed by atoms with Crippen LogP contribution in [0.2, 0.25) is 0 Å². The molecule has 1 aliphatic rings. The molecular weight excluding hydrogens is 560 g/mol. The van der Waals surface area contributed by atoms with Crippen LogP contribution in [0.1, 0.15) is 34.6 Å². The summed E-state index contributed by atoms with van der Waals surface area (Å²) < 4.78 is 28.5. The smallest absolute Gasteiger partial charge is 0.379 e. The van der Waals surface area contributed by atoms with E-state index in [1.807, 2.05) is 0 Å². The summed E-state index contributed by atoms with van der Waals surface area (Å²) in [6.45, 7) is 5.29. The fourth-order valence-corrected chi connectivity index (χ4v) is 5.50. The molecule has 214 valence electrons. The molecule has 2 aromatic heterocycles. The Morgan fingerprint density at radius 1 is 1.07 bits per heavy atom. The zero-order valence-electron chi connectivity index (χ0n) is 23.0. The predicted octanol–water partition coefficient (Wildman–Crippen LogP) is 3.79. The van der Waals surface area contributed by atoms with Crippen LogP contribution < -0.4 is 29.1 Å². The Hall–Kier alpha value is -5.16. The van der Waals surface area contributed by atoms with Crippen molar-refractivity contribution >= 4 is 29.4 Å². The number of thiazole rings is 1. The number of carbonyl (C=O) groups is 2. The Labute approximate surface area is 244 Å². The van der Waals surface area contributed by atoms with Crippen molar-refractivity contribution in [2.45, 2.75) is 13.0 Å². The van der Waals surface area contributed by atoms with E-state index >= 15 is 0 Å². The number of rotatable bonds is 9. The van der Waals surface area contributed by atoms with Gasteiger partial charge in [0.05, 0.1) is 42.3 Å². The van der Waals surface area contributed by atoms with Crippen molar-refractivity contribution in [3.05, 3.63) is 121 Å². The van der Waals surface area contributed by atoms with E-state index in [0.717, 1.165) is 0 Å². The number of benzene rings is 2. The molecule has 0 bridgehead atoms. The summed E-state index contributed by atoms with van der Waals surface area (Å²) in [6, 6.07) is 14.0. The SMILES string of the molecule is C=CCOC(=O)C1=C(C)N=c2s/c(=C/c3ccc(OC)cc3OC)c(=O)n2C1c1ccc(OC(=O)c2ccco2)cc1.